The SMILES string of the molecule is [2H]c1c(Cc2ncc(F)c(Cc3ccc4c(n3)CC(=O)C(C)(C([2H])([2H])[2H])O4)n2)c([2H])c(OC)c(OC)c1OC. The first-order valence-corrected chi connectivity index (χ1v) is 10.3. The largest absolute Gasteiger partial charge is 0.493 e. The number of rotatable bonds is 7. The highest BCUT2D eigenvalue weighted by molar-refractivity contribution is 5.90. The molecule has 9 heteroatoms. The van der Waals surface area contributed by atoms with Gasteiger partial charge >= 0.3 is 0 Å². The molecule has 1 aromatic carbocycles. The molecule has 1 aliphatic rings. The van der Waals surface area contributed by atoms with Gasteiger partial charge in [0.15, 0.2) is 28.7 Å². The molecule has 0 saturated heterocycles. The van der Waals surface area contributed by atoms with E-state index in [0.717, 1.165) is 6.20 Å². The first kappa shape index (κ1) is 17.7. The molecular formula is C25H26FN3O5. The Morgan fingerprint density at radius 2 is 1.88 bits per heavy atom. The second kappa shape index (κ2) is 9.24. The standard InChI is InChI=1S/C25H26FN3O5/c1-25(2)22(30)12-18-19(34-25)7-6-15(28-18)11-17-16(26)13-27-23(29-17)10-14-8-20(31-3)24(33-5)21(9-14)32-4/h6-9,13H,10-12H2,1-5H3/i1D3,8D,9D. The summed E-state index contributed by atoms with van der Waals surface area (Å²) >= 11 is 0. The molecule has 0 aliphatic carbocycles. The number of ketones is 1. The molecule has 3 heterocycles. The van der Waals surface area contributed by atoms with Crippen molar-refractivity contribution in [3.05, 3.63) is 64.7 Å². The maximum atomic E-state index is 14.7. The van der Waals surface area contributed by atoms with Gasteiger partial charge in [-0.25, -0.2) is 14.4 Å². The molecule has 3 aromatic rings. The van der Waals surface area contributed by atoms with Crippen LogP contribution in [0.1, 0.15) is 49.1 Å². The average Bonchev–Trinajstić information content (AvgIpc) is 2.88. The van der Waals surface area contributed by atoms with Crippen LogP contribution in [0.5, 0.6) is 23.0 Å². The van der Waals surface area contributed by atoms with E-state index in [4.69, 9.17) is 25.8 Å². The number of methoxy groups -OCH3 is 3. The van der Waals surface area contributed by atoms with Gasteiger partial charge in [-0.15, -0.1) is 0 Å². The maximum Gasteiger partial charge on any atom is 0.203 e. The maximum absolute atomic E-state index is 14.7. The Balaban J connectivity index is 1.64. The second-order valence-corrected chi connectivity index (χ2v) is 7.75. The third-order valence-corrected chi connectivity index (χ3v) is 5.27. The highest BCUT2D eigenvalue weighted by atomic mass is 19.1. The second-order valence-electron chi connectivity index (χ2n) is 7.75. The van der Waals surface area contributed by atoms with Crippen molar-refractivity contribution in [2.24, 2.45) is 0 Å². The van der Waals surface area contributed by atoms with Crippen molar-refractivity contribution in [1.29, 1.82) is 0 Å². The molecule has 0 fully saturated rings. The number of hydrogen-bond acceptors (Lipinski definition) is 8. The molecule has 4 rings (SSSR count). The minimum atomic E-state index is -2.66. The van der Waals surface area contributed by atoms with E-state index in [1.165, 1.54) is 34.3 Å². The first-order valence-electron chi connectivity index (χ1n) is 12.8. The van der Waals surface area contributed by atoms with Crippen molar-refractivity contribution in [3.8, 4) is 23.0 Å². The van der Waals surface area contributed by atoms with Gasteiger partial charge in [0.1, 0.15) is 11.6 Å². The third kappa shape index (κ3) is 4.64. The van der Waals surface area contributed by atoms with Gasteiger partial charge in [0.25, 0.3) is 0 Å². The van der Waals surface area contributed by atoms with E-state index in [9.17, 15) is 9.18 Å². The lowest BCUT2D eigenvalue weighted by molar-refractivity contribution is -0.132. The van der Waals surface area contributed by atoms with Gasteiger partial charge in [0.05, 0.1) is 48.1 Å². The summed E-state index contributed by atoms with van der Waals surface area (Å²) in [7, 11) is 4.10. The lowest BCUT2D eigenvalue weighted by Gasteiger charge is -2.30. The quantitative estimate of drug-likeness (QED) is 0.516. The number of ether oxygens (including phenoxy) is 4. The topological polar surface area (TPSA) is 92.7 Å². The third-order valence-electron chi connectivity index (χ3n) is 5.27. The number of Topliss-reactive ketones (excluding diaryl/α,β-unsaturated/α-hetero) is 1. The molecule has 0 N–H and O–H groups in total. The van der Waals surface area contributed by atoms with Crippen LogP contribution in [0.25, 0.3) is 0 Å². The number of fused-ring (bicyclic) bond motifs is 1. The fraction of sp³-hybridized carbons (Fsp3) is 0.360. The van der Waals surface area contributed by atoms with E-state index in [1.54, 1.807) is 6.07 Å². The lowest BCUT2D eigenvalue weighted by Crippen LogP contribution is -2.43. The van der Waals surface area contributed by atoms with Crippen molar-refractivity contribution < 1.29 is 35.0 Å². The van der Waals surface area contributed by atoms with E-state index in [-0.39, 0.29) is 77.1 Å². The predicted octanol–water partition coefficient (Wildman–Crippen LogP) is 3.50. The minimum Gasteiger partial charge on any atom is -0.493 e. The Morgan fingerprint density at radius 3 is 2.53 bits per heavy atom. The lowest BCUT2D eigenvalue weighted by atomic mass is 9.95. The molecule has 8 nitrogen and oxygen atoms in total. The Morgan fingerprint density at radius 1 is 1.15 bits per heavy atom. The van der Waals surface area contributed by atoms with Crippen LogP contribution in [0, 0.1) is 5.82 Å². The number of hydrogen-bond donors (Lipinski definition) is 0. The number of halogens is 1. The number of carbonyl (C=O) groups excluding carboxylic acids is 1. The number of aromatic nitrogens is 3. The molecule has 34 heavy (non-hydrogen) atoms. The number of benzene rings is 1. The molecule has 178 valence electrons. The smallest absolute Gasteiger partial charge is 0.203 e. The van der Waals surface area contributed by atoms with Crippen LogP contribution in [0.4, 0.5) is 4.39 Å². The highest BCUT2D eigenvalue weighted by Gasteiger charge is 2.36. The summed E-state index contributed by atoms with van der Waals surface area (Å²) in [4.78, 5) is 25.3. The molecule has 0 amide bonds. The molecule has 0 radical (unpaired) electrons. The van der Waals surface area contributed by atoms with Crippen LogP contribution in [-0.4, -0.2) is 47.7 Å². The van der Waals surface area contributed by atoms with Crippen molar-refractivity contribution in [2.45, 2.75) is 38.6 Å². The normalized spacial score (nSPS) is 19.6. The van der Waals surface area contributed by atoms with Crippen LogP contribution in [0.2, 0.25) is 0 Å². The Labute approximate surface area is 204 Å². The number of carbonyl (C=O) groups is 1. The summed E-state index contributed by atoms with van der Waals surface area (Å²) in [6.45, 7) is -1.42. The average molecular weight is 473 g/mol. The molecule has 2 aromatic heterocycles. The summed E-state index contributed by atoms with van der Waals surface area (Å²) in [5.41, 5.74) is -1.14. The zero-order chi connectivity index (χ0) is 28.7. The van der Waals surface area contributed by atoms with Crippen molar-refractivity contribution in [3.63, 3.8) is 0 Å². The highest BCUT2D eigenvalue weighted by Crippen LogP contribution is 2.38. The molecule has 1 atom stereocenters. The van der Waals surface area contributed by atoms with Gasteiger partial charge in [-0.05, 0) is 43.6 Å². The minimum absolute atomic E-state index is 0.00772. The van der Waals surface area contributed by atoms with Crippen molar-refractivity contribution in [1.82, 2.24) is 15.0 Å². The van der Waals surface area contributed by atoms with Gasteiger partial charge in [0.2, 0.25) is 5.75 Å². The fourth-order valence-corrected chi connectivity index (χ4v) is 3.52. The van der Waals surface area contributed by atoms with Crippen LogP contribution < -0.4 is 18.9 Å². The summed E-state index contributed by atoms with van der Waals surface area (Å²) in [5, 5.41) is 0. The molecule has 1 aliphatic heterocycles. The van der Waals surface area contributed by atoms with Crippen molar-refractivity contribution in [2.75, 3.05) is 21.3 Å². The van der Waals surface area contributed by atoms with E-state index >= 15 is 0 Å². The van der Waals surface area contributed by atoms with Gasteiger partial charge in [0, 0.05) is 22.6 Å². The van der Waals surface area contributed by atoms with Gasteiger partial charge in [-0.2, -0.15) is 0 Å². The predicted molar refractivity (Wildman–Crippen MR) is 121 cm³/mol. The Bertz CT molecular complexity index is 1420. The molecule has 0 bridgehead atoms. The molecule has 1 unspecified atom stereocenters. The van der Waals surface area contributed by atoms with Gasteiger partial charge in [-0.3, -0.25) is 9.78 Å². The zero-order valence-corrected chi connectivity index (χ0v) is 19.1. The monoisotopic (exact) mass is 472 g/mol. The summed E-state index contributed by atoms with van der Waals surface area (Å²) in [5.74, 6) is -0.735. The van der Waals surface area contributed by atoms with E-state index in [0.29, 0.717) is 5.69 Å². The summed E-state index contributed by atoms with van der Waals surface area (Å²) < 4.78 is 76.1. The number of pyridine rings is 1. The molecule has 0 saturated carbocycles. The Kier molecular flexibility index (Phi) is 4.81. The van der Waals surface area contributed by atoms with E-state index < -0.39 is 24.1 Å². The Hall–Kier alpha value is -3.75. The fourth-order valence-electron chi connectivity index (χ4n) is 3.52. The van der Waals surface area contributed by atoms with Crippen LogP contribution >= 0.6 is 0 Å². The zero-order valence-electron chi connectivity index (χ0n) is 24.1. The van der Waals surface area contributed by atoms with Gasteiger partial charge in [-0.1, -0.05) is 0 Å². The van der Waals surface area contributed by atoms with Crippen molar-refractivity contribution >= 4 is 5.78 Å². The molecular weight excluding hydrogens is 441 g/mol. The summed E-state index contributed by atoms with van der Waals surface area (Å²) in [6, 6.07) is 2.82. The van der Waals surface area contributed by atoms with E-state index in [2.05, 4.69) is 15.0 Å². The van der Waals surface area contributed by atoms with E-state index in [1.807, 2.05) is 0 Å². The van der Waals surface area contributed by atoms with Crippen LogP contribution in [-0.2, 0) is 24.1 Å². The van der Waals surface area contributed by atoms with Gasteiger partial charge < -0.3 is 18.9 Å². The van der Waals surface area contributed by atoms with Crippen LogP contribution in [0.15, 0.2) is 30.4 Å². The molecule has 0 spiro atoms. The summed E-state index contributed by atoms with van der Waals surface area (Å²) in [6.07, 6.45) is 0.608. The number of nitrogens with zero attached hydrogens (tertiary/aromatic N) is 3. The van der Waals surface area contributed by atoms with Crippen LogP contribution in [0.3, 0.4) is 0 Å². The first-order chi connectivity index (χ1) is 18.3.